The SMILES string of the molecule is Cc1ccc(-c2ccc(OC[C@@H]3Cn4c(nc(C(N)=O)c4C)O3)cc2)cc1. The van der Waals surface area contributed by atoms with E-state index in [1.54, 1.807) is 0 Å². The van der Waals surface area contributed by atoms with Gasteiger partial charge in [0.05, 0.1) is 12.2 Å². The molecule has 0 unspecified atom stereocenters. The summed E-state index contributed by atoms with van der Waals surface area (Å²) in [5, 5.41) is 0. The molecule has 1 aromatic heterocycles. The minimum Gasteiger partial charge on any atom is -0.490 e. The van der Waals surface area contributed by atoms with E-state index in [1.165, 1.54) is 11.1 Å². The Labute approximate surface area is 157 Å². The molecule has 0 fully saturated rings. The third kappa shape index (κ3) is 3.38. The summed E-state index contributed by atoms with van der Waals surface area (Å²) in [6.07, 6.45) is -0.148. The van der Waals surface area contributed by atoms with E-state index in [1.807, 2.05) is 35.8 Å². The Kier molecular flexibility index (Phi) is 4.32. The van der Waals surface area contributed by atoms with Crippen LogP contribution >= 0.6 is 0 Å². The first kappa shape index (κ1) is 17.1. The monoisotopic (exact) mass is 363 g/mol. The highest BCUT2D eigenvalue weighted by Gasteiger charge is 2.29. The minimum absolute atomic E-state index is 0.148. The maximum Gasteiger partial charge on any atom is 0.297 e. The molecule has 1 amide bonds. The number of nitrogens with zero attached hydrogens (tertiary/aromatic N) is 2. The van der Waals surface area contributed by atoms with E-state index < -0.39 is 5.91 Å². The second-order valence-corrected chi connectivity index (χ2v) is 6.74. The number of primary amides is 1. The molecular formula is C21H21N3O3. The molecule has 0 saturated heterocycles. The molecule has 138 valence electrons. The second kappa shape index (κ2) is 6.79. The van der Waals surface area contributed by atoms with Crippen molar-refractivity contribution >= 4 is 5.91 Å². The van der Waals surface area contributed by atoms with Gasteiger partial charge < -0.3 is 15.2 Å². The molecular weight excluding hydrogens is 342 g/mol. The van der Waals surface area contributed by atoms with E-state index in [9.17, 15) is 4.79 Å². The van der Waals surface area contributed by atoms with Gasteiger partial charge in [0, 0.05) is 0 Å². The number of hydrogen-bond acceptors (Lipinski definition) is 4. The number of aryl methyl sites for hydroxylation is 1. The van der Waals surface area contributed by atoms with E-state index >= 15 is 0 Å². The van der Waals surface area contributed by atoms with Crippen molar-refractivity contribution in [3.63, 3.8) is 0 Å². The van der Waals surface area contributed by atoms with Gasteiger partial charge in [-0.05, 0) is 37.1 Å². The molecule has 6 heteroatoms. The Bertz CT molecular complexity index is 975. The van der Waals surface area contributed by atoms with Gasteiger partial charge in [0.25, 0.3) is 11.9 Å². The predicted octanol–water partition coefficient (Wildman–Crippen LogP) is 3.11. The molecule has 2 heterocycles. The molecule has 0 aliphatic carbocycles. The highest BCUT2D eigenvalue weighted by molar-refractivity contribution is 5.92. The van der Waals surface area contributed by atoms with Crippen molar-refractivity contribution in [2.45, 2.75) is 26.5 Å². The van der Waals surface area contributed by atoms with Crippen LogP contribution in [-0.4, -0.2) is 28.2 Å². The Balaban J connectivity index is 1.37. The van der Waals surface area contributed by atoms with Gasteiger partial charge in [-0.3, -0.25) is 9.36 Å². The molecule has 0 spiro atoms. The average molecular weight is 363 g/mol. The van der Waals surface area contributed by atoms with Gasteiger partial charge in [-0.2, -0.15) is 4.98 Å². The van der Waals surface area contributed by atoms with Crippen LogP contribution in [-0.2, 0) is 6.54 Å². The summed E-state index contributed by atoms with van der Waals surface area (Å²) >= 11 is 0. The van der Waals surface area contributed by atoms with Crippen LogP contribution in [0.1, 0.15) is 21.7 Å². The Hall–Kier alpha value is -3.28. The normalized spacial score (nSPS) is 15.3. The molecule has 3 aromatic rings. The zero-order valence-corrected chi connectivity index (χ0v) is 15.3. The standard InChI is InChI=1S/C21H21N3O3/c1-13-3-5-15(6-4-13)16-7-9-17(10-8-16)26-12-18-11-24-14(2)19(20(22)25)23-21(24)27-18/h3-10,18H,11-12H2,1-2H3,(H2,22,25)/t18-/m0/s1. The lowest BCUT2D eigenvalue weighted by Gasteiger charge is -2.12. The fraction of sp³-hybridized carbons (Fsp3) is 0.238. The molecule has 27 heavy (non-hydrogen) atoms. The van der Waals surface area contributed by atoms with Crippen molar-refractivity contribution in [2.75, 3.05) is 6.61 Å². The van der Waals surface area contributed by atoms with E-state index in [4.69, 9.17) is 15.2 Å². The third-order valence-corrected chi connectivity index (χ3v) is 4.75. The van der Waals surface area contributed by atoms with Gasteiger partial charge in [-0.25, -0.2) is 0 Å². The van der Waals surface area contributed by atoms with Crippen LogP contribution in [0.2, 0.25) is 0 Å². The zero-order chi connectivity index (χ0) is 19.0. The summed E-state index contributed by atoms with van der Waals surface area (Å²) in [7, 11) is 0. The van der Waals surface area contributed by atoms with Gasteiger partial charge in [0.2, 0.25) is 0 Å². The van der Waals surface area contributed by atoms with Crippen molar-refractivity contribution < 1.29 is 14.3 Å². The summed E-state index contributed by atoms with van der Waals surface area (Å²) in [4.78, 5) is 15.5. The summed E-state index contributed by atoms with van der Waals surface area (Å²) < 4.78 is 13.5. The molecule has 1 atom stereocenters. The summed E-state index contributed by atoms with van der Waals surface area (Å²) in [5.41, 5.74) is 9.87. The summed E-state index contributed by atoms with van der Waals surface area (Å²) in [5.74, 6) is 0.244. The van der Waals surface area contributed by atoms with Crippen LogP contribution in [0.15, 0.2) is 48.5 Å². The maximum atomic E-state index is 11.3. The average Bonchev–Trinajstić information content (AvgIpc) is 3.20. The van der Waals surface area contributed by atoms with Gasteiger partial charge in [-0.1, -0.05) is 42.0 Å². The fourth-order valence-electron chi connectivity index (χ4n) is 3.20. The molecule has 0 radical (unpaired) electrons. The van der Waals surface area contributed by atoms with Crippen LogP contribution in [0, 0.1) is 13.8 Å². The lowest BCUT2D eigenvalue weighted by atomic mass is 10.0. The fourth-order valence-corrected chi connectivity index (χ4v) is 3.20. The van der Waals surface area contributed by atoms with Crippen molar-refractivity contribution in [2.24, 2.45) is 5.73 Å². The molecule has 4 rings (SSSR count). The first-order valence-electron chi connectivity index (χ1n) is 8.85. The zero-order valence-electron chi connectivity index (χ0n) is 15.3. The van der Waals surface area contributed by atoms with Crippen LogP contribution in [0.3, 0.4) is 0 Å². The van der Waals surface area contributed by atoms with Crippen LogP contribution in [0.5, 0.6) is 11.8 Å². The molecule has 6 nitrogen and oxygen atoms in total. The van der Waals surface area contributed by atoms with E-state index in [-0.39, 0.29) is 11.8 Å². The van der Waals surface area contributed by atoms with Crippen molar-refractivity contribution in [1.82, 2.24) is 9.55 Å². The predicted molar refractivity (Wildman–Crippen MR) is 102 cm³/mol. The van der Waals surface area contributed by atoms with Crippen molar-refractivity contribution in [3.05, 3.63) is 65.5 Å². The third-order valence-electron chi connectivity index (χ3n) is 4.75. The summed E-state index contributed by atoms with van der Waals surface area (Å²) in [6.45, 7) is 4.88. The molecule has 1 aliphatic rings. The van der Waals surface area contributed by atoms with E-state index in [2.05, 4.69) is 36.2 Å². The van der Waals surface area contributed by atoms with Crippen LogP contribution in [0.4, 0.5) is 0 Å². The number of carbonyl (C=O) groups is 1. The number of imidazole rings is 1. The Morgan fingerprint density at radius 2 is 1.78 bits per heavy atom. The number of aromatic nitrogens is 2. The topological polar surface area (TPSA) is 79.4 Å². The van der Waals surface area contributed by atoms with Crippen LogP contribution in [0.25, 0.3) is 11.1 Å². The largest absolute Gasteiger partial charge is 0.490 e. The smallest absolute Gasteiger partial charge is 0.297 e. The van der Waals surface area contributed by atoms with E-state index in [0.29, 0.717) is 19.2 Å². The first-order chi connectivity index (χ1) is 13.0. The molecule has 0 bridgehead atoms. The van der Waals surface area contributed by atoms with Gasteiger partial charge in [0.15, 0.2) is 11.8 Å². The lowest BCUT2D eigenvalue weighted by molar-refractivity contribution is 0.0992. The Morgan fingerprint density at radius 3 is 2.37 bits per heavy atom. The molecule has 1 aliphatic heterocycles. The molecule has 2 N–H and O–H groups in total. The number of carbonyl (C=O) groups excluding carboxylic acids is 1. The number of rotatable bonds is 5. The number of ether oxygens (including phenoxy) is 2. The minimum atomic E-state index is -0.542. The van der Waals surface area contributed by atoms with Gasteiger partial charge in [0.1, 0.15) is 12.4 Å². The number of hydrogen-bond donors (Lipinski definition) is 1. The Morgan fingerprint density at radius 1 is 1.15 bits per heavy atom. The highest BCUT2D eigenvalue weighted by Crippen LogP contribution is 2.26. The lowest BCUT2D eigenvalue weighted by Crippen LogP contribution is -2.24. The number of fused-ring (bicyclic) bond motifs is 1. The number of amides is 1. The number of nitrogens with two attached hydrogens (primary N) is 1. The maximum absolute atomic E-state index is 11.3. The van der Waals surface area contributed by atoms with E-state index in [0.717, 1.165) is 17.0 Å². The molecule has 2 aromatic carbocycles. The first-order valence-corrected chi connectivity index (χ1v) is 8.85. The van der Waals surface area contributed by atoms with Gasteiger partial charge in [-0.15, -0.1) is 0 Å². The number of benzene rings is 2. The van der Waals surface area contributed by atoms with Gasteiger partial charge >= 0.3 is 0 Å². The second-order valence-electron chi connectivity index (χ2n) is 6.74. The quantitative estimate of drug-likeness (QED) is 0.755. The van der Waals surface area contributed by atoms with Crippen molar-refractivity contribution in [1.29, 1.82) is 0 Å². The summed E-state index contributed by atoms with van der Waals surface area (Å²) in [6, 6.07) is 16.9. The molecule has 0 saturated carbocycles. The van der Waals surface area contributed by atoms with Crippen LogP contribution < -0.4 is 15.2 Å². The highest BCUT2D eigenvalue weighted by atomic mass is 16.6. The van der Waals surface area contributed by atoms with Crippen molar-refractivity contribution in [3.8, 4) is 22.9 Å².